The Labute approximate surface area is 124 Å². The molecule has 4 aliphatic rings. The van der Waals surface area contributed by atoms with E-state index in [-0.39, 0.29) is 6.10 Å². The number of hydrogen-bond donors (Lipinski definition) is 1. The van der Waals surface area contributed by atoms with Crippen molar-refractivity contribution >= 4 is 0 Å². The van der Waals surface area contributed by atoms with Gasteiger partial charge in [-0.15, -0.1) is 0 Å². The average molecular weight is 276 g/mol. The summed E-state index contributed by atoms with van der Waals surface area (Å²) in [6.07, 6.45) is 13.9. The molecule has 4 fully saturated rings. The normalized spacial score (nSPS) is 58.6. The van der Waals surface area contributed by atoms with Gasteiger partial charge in [-0.2, -0.15) is 0 Å². The Morgan fingerprint density at radius 2 is 1.75 bits per heavy atom. The standard InChI is InChI=1S/C19H32O/c1-18-10-8-16-15(17(18)11-14(20)12-18)7-6-13-5-3-4-9-19(13,16)2/h13-17,20H,3-12H2,1-2H3/t13-,14-,15+,16+,17+,18-,19+/m1/s1. The molecule has 4 saturated carbocycles. The van der Waals surface area contributed by atoms with Gasteiger partial charge in [0, 0.05) is 0 Å². The van der Waals surface area contributed by atoms with E-state index in [2.05, 4.69) is 13.8 Å². The number of aliphatic hydroxyl groups excluding tert-OH is 1. The maximum absolute atomic E-state index is 10.2. The van der Waals surface area contributed by atoms with Crippen LogP contribution in [0.15, 0.2) is 0 Å². The fourth-order valence-electron chi connectivity index (χ4n) is 7.32. The van der Waals surface area contributed by atoms with Gasteiger partial charge in [0.25, 0.3) is 0 Å². The van der Waals surface area contributed by atoms with Crippen molar-refractivity contribution in [2.75, 3.05) is 0 Å². The van der Waals surface area contributed by atoms with E-state index >= 15 is 0 Å². The number of rotatable bonds is 0. The predicted molar refractivity (Wildman–Crippen MR) is 82.4 cm³/mol. The van der Waals surface area contributed by atoms with E-state index in [0.717, 1.165) is 36.5 Å². The highest BCUT2D eigenvalue weighted by molar-refractivity contribution is 5.07. The first-order valence-electron chi connectivity index (χ1n) is 9.21. The minimum Gasteiger partial charge on any atom is -0.393 e. The summed E-state index contributed by atoms with van der Waals surface area (Å²) in [6, 6.07) is 0. The van der Waals surface area contributed by atoms with Crippen molar-refractivity contribution < 1.29 is 5.11 Å². The molecule has 0 aliphatic heterocycles. The van der Waals surface area contributed by atoms with Gasteiger partial charge in [0.2, 0.25) is 0 Å². The number of aliphatic hydroxyl groups is 1. The maximum atomic E-state index is 10.2. The summed E-state index contributed by atoms with van der Waals surface area (Å²) in [5.74, 6) is 3.76. The topological polar surface area (TPSA) is 20.2 Å². The molecule has 114 valence electrons. The van der Waals surface area contributed by atoms with E-state index in [0.29, 0.717) is 10.8 Å². The second-order valence-corrected chi connectivity index (χ2v) is 9.19. The smallest absolute Gasteiger partial charge is 0.0548 e. The first-order valence-corrected chi connectivity index (χ1v) is 9.21. The second kappa shape index (κ2) is 4.48. The molecule has 0 amide bonds. The molecule has 1 N–H and O–H groups in total. The van der Waals surface area contributed by atoms with Crippen LogP contribution in [0.3, 0.4) is 0 Å². The molecule has 20 heavy (non-hydrogen) atoms. The lowest BCUT2D eigenvalue weighted by Gasteiger charge is -2.60. The molecule has 7 atom stereocenters. The van der Waals surface area contributed by atoms with Gasteiger partial charge in [0.15, 0.2) is 0 Å². The lowest BCUT2D eigenvalue weighted by molar-refractivity contribution is -0.103. The third-order valence-electron chi connectivity index (χ3n) is 8.33. The fourth-order valence-corrected chi connectivity index (χ4v) is 7.32. The zero-order chi connectivity index (χ0) is 14.0. The average Bonchev–Trinajstić information content (AvgIpc) is 2.72. The molecule has 1 heteroatoms. The maximum Gasteiger partial charge on any atom is 0.0548 e. The van der Waals surface area contributed by atoms with Crippen molar-refractivity contribution in [3.05, 3.63) is 0 Å². The molecule has 0 heterocycles. The van der Waals surface area contributed by atoms with Gasteiger partial charge in [0.05, 0.1) is 6.10 Å². The van der Waals surface area contributed by atoms with Crippen LogP contribution in [0.5, 0.6) is 0 Å². The molecule has 0 saturated heterocycles. The Morgan fingerprint density at radius 1 is 0.900 bits per heavy atom. The molecule has 0 bridgehead atoms. The molecule has 0 radical (unpaired) electrons. The lowest BCUT2D eigenvalue weighted by Crippen LogP contribution is -2.51. The highest BCUT2D eigenvalue weighted by atomic mass is 16.3. The van der Waals surface area contributed by atoms with Crippen LogP contribution in [0.25, 0.3) is 0 Å². The van der Waals surface area contributed by atoms with Crippen LogP contribution in [-0.2, 0) is 0 Å². The first-order chi connectivity index (χ1) is 9.53. The number of fused-ring (bicyclic) bond motifs is 5. The van der Waals surface area contributed by atoms with Gasteiger partial charge < -0.3 is 5.11 Å². The summed E-state index contributed by atoms with van der Waals surface area (Å²) in [7, 11) is 0. The third kappa shape index (κ3) is 1.77. The molecule has 0 aromatic heterocycles. The SMILES string of the molecule is C[C@]12CC[C@H]3[C@H](CC[C@H]4CCCC[C@@]43C)[C@@H]1C[C@@H](O)C2. The zero-order valence-electron chi connectivity index (χ0n) is 13.4. The molecule has 4 aliphatic carbocycles. The van der Waals surface area contributed by atoms with Gasteiger partial charge in [-0.05, 0) is 85.9 Å². The summed E-state index contributed by atoms with van der Waals surface area (Å²) in [5.41, 5.74) is 1.12. The van der Waals surface area contributed by atoms with E-state index in [1.807, 2.05) is 0 Å². The molecule has 0 unspecified atom stereocenters. The van der Waals surface area contributed by atoms with Crippen molar-refractivity contribution in [3.63, 3.8) is 0 Å². The second-order valence-electron chi connectivity index (χ2n) is 9.19. The lowest BCUT2D eigenvalue weighted by atomic mass is 9.45. The van der Waals surface area contributed by atoms with E-state index in [4.69, 9.17) is 0 Å². The van der Waals surface area contributed by atoms with E-state index in [1.165, 1.54) is 51.4 Å². The van der Waals surface area contributed by atoms with Crippen LogP contribution >= 0.6 is 0 Å². The van der Waals surface area contributed by atoms with Gasteiger partial charge >= 0.3 is 0 Å². The van der Waals surface area contributed by atoms with Crippen LogP contribution in [0, 0.1) is 34.5 Å². The Kier molecular flexibility index (Phi) is 3.05. The van der Waals surface area contributed by atoms with Gasteiger partial charge in [-0.25, -0.2) is 0 Å². The molecule has 1 nitrogen and oxygen atoms in total. The minimum absolute atomic E-state index is 0.000588. The van der Waals surface area contributed by atoms with Crippen molar-refractivity contribution in [3.8, 4) is 0 Å². The van der Waals surface area contributed by atoms with Gasteiger partial charge in [-0.1, -0.05) is 26.7 Å². The van der Waals surface area contributed by atoms with Crippen LogP contribution in [0.4, 0.5) is 0 Å². The minimum atomic E-state index is 0.000588. The van der Waals surface area contributed by atoms with Crippen molar-refractivity contribution in [1.82, 2.24) is 0 Å². The summed E-state index contributed by atoms with van der Waals surface area (Å²) in [6.45, 7) is 5.13. The van der Waals surface area contributed by atoms with Crippen LogP contribution in [0.2, 0.25) is 0 Å². The van der Waals surface area contributed by atoms with Gasteiger partial charge in [0.1, 0.15) is 0 Å². The van der Waals surface area contributed by atoms with E-state index in [1.54, 1.807) is 0 Å². The van der Waals surface area contributed by atoms with E-state index < -0.39 is 0 Å². The summed E-state index contributed by atoms with van der Waals surface area (Å²) in [4.78, 5) is 0. The Morgan fingerprint density at radius 3 is 2.60 bits per heavy atom. The largest absolute Gasteiger partial charge is 0.393 e. The van der Waals surface area contributed by atoms with Crippen molar-refractivity contribution in [1.29, 1.82) is 0 Å². The summed E-state index contributed by atoms with van der Waals surface area (Å²) >= 11 is 0. The highest BCUT2D eigenvalue weighted by Crippen LogP contribution is 2.66. The molecule has 0 spiro atoms. The highest BCUT2D eigenvalue weighted by Gasteiger charge is 2.58. The zero-order valence-corrected chi connectivity index (χ0v) is 13.4. The Balaban J connectivity index is 1.64. The molecular formula is C19H32O. The van der Waals surface area contributed by atoms with Crippen LogP contribution < -0.4 is 0 Å². The molecule has 0 aromatic rings. The predicted octanol–water partition coefficient (Wildman–Crippen LogP) is 4.78. The quantitative estimate of drug-likeness (QED) is 0.675. The van der Waals surface area contributed by atoms with Crippen molar-refractivity contribution in [2.24, 2.45) is 34.5 Å². The fraction of sp³-hybridized carbons (Fsp3) is 1.00. The van der Waals surface area contributed by atoms with Crippen LogP contribution in [0.1, 0.15) is 78.1 Å². The summed E-state index contributed by atoms with van der Waals surface area (Å²) in [5, 5.41) is 10.2. The number of hydrogen-bond acceptors (Lipinski definition) is 1. The van der Waals surface area contributed by atoms with Crippen molar-refractivity contribution in [2.45, 2.75) is 84.2 Å². The third-order valence-corrected chi connectivity index (χ3v) is 8.33. The van der Waals surface area contributed by atoms with E-state index in [9.17, 15) is 5.11 Å². The molecular weight excluding hydrogens is 244 g/mol. The van der Waals surface area contributed by atoms with Crippen LogP contribution in [-0.4, -0.2) is 11.2 Å². The van der Waals surface area contributed by atoms with Gasteiger partial charge in [-0.3, -0.25) is 0 Å². The molecule has 0 aromatic carbocycles. The Hall–Kier alpha value is -0.0400. The first kappa shape index (κ1) is 13.6. The summed E-state index contributed by atoms with van der Waals surface area (Å²) < 4.78 is 0. The Bertz CT molecular complexity index is 391. The molecule has 4 rings (SSSR count). The monoisotopic (exact) mass is 276 g/mol.